The van der Waals surface area contributed by atoms with Crippen molar-refractivity contribution in [1.82, 2.24) is 10.2 Å². The SMILES string of the molecule is Cc1[nH]nc2c1C(c1cc(C#N)cc(-c3cccc4ccsc34)c1)(C(C)C)C(C#N)=C(N)O2. The fraction of sp³-hybridized carbons (Fsp3) is 0.192. The van der Waals surface area contributed by atoms with Gasteiger partial charge >= 0.3 is 0 Å². The van der Waals surface area contributed by atoms with Crippen molar-refractivity contribution in [2.24, 2.45) is 11.7 Å². The Bertz CT molecular complexity index is 1530. The molecule has 0 bridgehead atoms. The van der Waals surface area contributed by atoms with Crippen LogP contribution >= 0.6 is 11.3 Å². The predicted molar refractivity (Wildman–Crippen MR) is 128 cm³/mol. The van der Waals surface area contributed by atoms with Crippen molar-refractivity contribution in [3.63, 3.8) is 0 Å². The van der Waals surface area contributed by atoms with Gasteiger partial charge < -0.3 is 10.5 Å². The van der Waals surface area contributed by atoms with Crippen LogP contribution in [0.1, 0.15) is 36.2 Å². The van der Waals surface area contributed by atoms with Gasteiger partial charge in [-0.3, -0.25) is 5.10 Å². The summed E-state index contributed by atoms with van der Waals surface area (Å²) in [4.78, 5) is 0. The molecule has 0 saturated heterocycles. The van der Waals surface area contributed by atoms with Crippen LogP contribution in [0.15, 0.2) is 59.3 Å². The van der Waals surface area contributed by atoms with E-state index in [1.165, 1.54) is 0 Å². The molecule has 5 rings (SSSR count). The van der Waals surface area contributed by atoms with Crippen molar-refractivity contribution < 1.29 is 4.74 Å². The molecule has 1 unspecified atom stereocenters. The number of H-pyrrole nitrogens is 1. The van der Waals surface area contributed by atoms with Crippen molar-refractivity contribution >= 4 is 21.4 Å². The number of aromatic nitrogens is 2. The fourth-order valence-electron chi connectivity index (χ4n) is 5.06. The van der Waals surface area contributed by atoms with Gasteiger partial charge in [0.1, 0.15) is 11.6 Å². The Kier molecular flexibility index (Phi) is 4.74. The minimum atomic E-state index is -0.922. The molecule has 33 heavy (non-hydrogen) atoms. The third-order valence-electron chi connectivity index (χ3n) is 6.44. The Morgan fingerprint density at radius 3 is 2.70 bits per heavy atom. The number of nitrogens with zero attached hydrogens (tertiary/aromatic N) is 3. The Labute approximate surface area is 195 Å². The van der Waals surface area contributed by atoms with Crippen LogP contribution in [0.25, 0.3) is 21.2 Å². The van der Waals surface area contributed by atoms with Crippen molar-refractivity contribution in [3.05, 3.63) is 81.7 Å². The van der Waals surface area contributed by atoms with Crippen LogP contribution in [-0.4, -0.2) is 10.2 Å². The maximum absolute atomic E-state index is 10.2. The predicted octanol–water partition coefficient (Wildman–Crippen LogP) is 5.50. The zero-order chi connectivity index (χ0) is 23.3. The molecule has 162 valence electrons. The van der Waals surface area contributed by atoms with Crippen LogP contribution in [0.5, 0.6) is 5.88 Å². The van der Waals surface area contributed by atoms with Crippen LogP contribution in [-0.2, 0) is 5.41 Å². The molecule has 0 fully saturated rings. The van der Waals surface area contributed by atoms with E-state index in [-0.39, 0.29) is 11.8 Å². The van der Waals surface area contributed by atoms with E-state index in [1.54, 1.807) is 11.3 Å². The maximum Gasteiger partial charge on any atom is 0.244 e. The number of fused-ring (bicyclic) bond motifs is 2. The highest BCUT2D eigenvalue weighted by molar-refractivity contribution is 7.17. The second kappa shape index (κ2) is 7.51. The topological polar surface area (TPSA) is 112 Å². The van der Waals surface area contributed by atoms with E-state index in [2.05, 4.69) is 52.0 Å². The molecule has 0 radical (unpaired) electrons. The van der Waals surface area contributed by atoms with Crippen molar-refractivity contribution in [3.8, 4) is 29.1 Å². The van der Waals surface area contributed by atoms with Gasteiger partial charge in [-0.2, -0.15) is 10.5 Å². The summed E-state index contributed by atoms with van der Waals surface area (Å²) in [6.45, 7) is 6.00. The molecular weight excluding hydrogens is 430 g/mol. The van der Waals surface area contributed by atoms with Gasteiger partial charge in [0.2, 0.25) is 11.8 Å². The minimum Gasteiger partial charge on any atom is -0.420 e. The number of ether oxygens (including phenoxy) is 1. The van der Waals surface area contributed by atoms with E-state index < -0.39 is 5.41 Å². The number of thiophene rings is 1. The Balaban J connectivity index is 1.89. The fourth-order valence-corrected chi connectivity index (χ4v) is 5.99. The lowest BCUT2D eigenvalue weighted by Gasteiger charge is -2.41. The summed E-state index contributed by atoms with van der Waals surface area (Å²) in [5.74, 6) is 0.320. The molecule has 2 aromatic carbocycles. The quantitative estimate of drug-likeness (QED) is 0.427. The normalized spacial score (nSPS) is 17.5. The van der Waals surface area contributed by atoms with Gasteiger partial charge in [-0.05, 0) is 64.6 Å². The standard InChI is InChI=1S/C26H21N5OS/c1-14(2)26(21(13-28)24(29)32-25-22(26)15(3)30-31-25)19-10-16(12-27)9-18(11-19)20-6-4-5-17-7-8-33-23(17)20/h4-11,14H,29H2,1-3H3,(H,30,31). The summed E-state index contributed by atoms with van der Waals surface area (Å²) in [5, 5.41) is 30.7. The zero-order valence-corrected chi connectivity index (χ0v) is 19.2. The average Bonchev–Trinajstić information content (AvgIpc) is 3.44. The maximum atomic E-state index is 10.2. The van der Waals surface area contributed by atoms with Crippen molar-refractivity contribution in [2.45, 2.75) is 26.2 Å². The highest BCUT2D eigenvalue weighted by Crippen LogP contribution is 2.53. The molecule has 6 nitrogen and oxygen atoms in total. The highest BCUT2D eigenvalue weighted by atomic mass is 32.1. The number of nitriles is 2. The Morgan fingerprint density at radius 2 is 1.97 bits per heavy atom. The summed E-state index contributed by atoms with van der Waals surface area (Å²) in [6.07, 6.45) is 0. The lowest BCUT2D eigenvalue weighted by Crippen LogP contribution is -2.41. The number of nitrogens with two attached hydrogens (primary N) is 1. The van der Waals surface area contributed by atoms with Gasteiger partial charge in [0, 0.05) is 10.4 Å². The summed E-state index contributed by atoms with van der Waals surface area (Å²) in [7, 11) is 0. The van der Waals surface area contributed by atoms with Gasteiger partial charge in [0.25, 0.3) is 0 Å². The van der Waals surface area contributed by atoms with Gasteiger partial charge in [-0.15, -0.1) is 16.4 Å². The minimum absolute atomic E-state index is 0.0365. The molecule has 7 heteroatoms. The second-order valence-corrected chi connectivity index (χ2v) is 9.42. The van der Waals surface area contributed by atoms with E-state index in [1.807, 2.05) is 39.0 Å². The van der Waals surface area contributed by atoms with Crippen molar-refractivity contribution in [2.75, 3.05) is 0 Å². The van der Waals surface area contributed by atoms with Gasteiger partial charge in [-0.1, -0.05) is 32.0 Å². The van der Waals surface area contributed by atoms with Crippen LogP contribution < -0.4 is 10.5 Å². The highest BCUT2D eigenvalue weighted by Gasteiger charge is 2.50. The summed E-state index contributed by atoms with van der Waals surface area (Å²) < 4.78 is 6.88. The molecule has 2 aromatic heterocycles. The summed E-state index contributed by atoms with van der Waals surface area (Å²) in [6, 6.07) is 18.7. The van der Waals surface area contributed by atoms with E-state index in [9.17, 15) is 10.5 Å². The molecule has 0 aliphatic carbocycles. The van der Waals surface area contributed by atoms with E-state index >= 15 is 0 Å². The Hall–Kier alpha value is -4.07. The van der Waals surface area contributed by atoms with Crippen LogP contribution in [0.3, 0.4) is 0 Å². The number of hydrogen-bond acceptors (Lipinski definition) is 6. The number of aryl methyl sites for hydroxylation is 1. The number of allylic oxidation sites excluding steroid dienone is 1. The molecule has 4 aromatic rings. The molecule has 1 aliphatic rings. The number of benzene rings is 2. The summed E-state index contributed by atoms with van der Waals surface area (Å²) in [5.41, 5.74) is 10.5. The van der Waals surface area contributed by atoms with Crippen LogP contribution in [0.2, 0.25) is 0 Å². The lowest BCUT2D eigenvalue weighted by atomic mass is 9.61. The first kappa shape index (κ1) is 20.8. The smallest absolute Gasteiger partial charge is 0.244 e. The number of hydrogen-bond donors (Lipinski definition) is 2. The van der Waals surface area contributed by atoms with Crippen LogP contribution in [0.4, 0.5) is 0 Å². The van der Waals surface area contributed by atoms with Crippen LogP contribution in [0, 0.1) is 35.5 Å². The van der Waals surface area contributed by atoms with E-state index in [4.69, 9.17) is 10.5 Å². The molecular formula is C26H21N5OS. The molecule has 3 N–H and O–H groups in total. The van der Waals surface area contributed by atoms with Gasteiger partial charge in [0.15, 0.2) is 0 Å². The second-order valence-electron chi connectivity index (χ2n) is 8.50. The molecule has 1 aliphatic heterocycles. The summed E-state index contributed by atoms with van der Waals surface area (Å²) >= 11 is 1.67. The first-order valence-electron chi connectivity index (χ1n) is 10.6. The largest absolute Gasteiger partial charge is 0.420 e. The third-order valence-corrected chi connectivity index (χ3v) is 7.40. The molecule has 0 saturated carbocycles. The van der Waals surface area contributed by atoms with Crippen molar-refractivity contribution in [1.29, 1.82) is 10.5 Å². The Morgan fingerprint density at radius 1 is 1.15 bits per heavy atom. The monoisotopic (exact) mass is 451 g/mol. The van der Waals surface area contributed by atoms with Gasteiger partial charge in [0.05, 0.1) is 22.6 Å². The molecule has 0 spiro atoms. The van der Waals surface area contributed by atoms with E-state index in [0.717, 1.165) is 38.0 Å². The average molecular weight is 452 g/mol. The zero-order valence-electron chi connectivity index (χ0n) is 18.4. The number of rotatable bonds is 3. The molecule has 1 atom stereocenters. The first-order chi connectivity index (χ1) is 15.9. The number of nitrogens with one attached hydrogen (secondary N) is 1. The van der Waals surface area contributed by atoms with E-state index in [0.29, 0.717) is 17.0 Å². The third kappa shape index (κ3) is 2.87. The lowest BCUT2D eigenvalue weighted by molar-refractivity contribution is 0.323. The number of aromatic amines is 1. The molecule has 3 heterocycles. The van der Waals surface area contributed by atoms with Gasteiger partial charge in [-0.25, -0.2) is 0 Å². The molecule has 0 amide bonds. The first-order valence-corrected chi connectivity index (χ1v) is 11.5.